The summed E-state index contributed by atoms with van der Waals surface area (Å²) >= 11 is 0. The van der Waals surface area contributed by atoms with Crippen molar-refractivity contribution >= 4 is 5.91 Å². The number of carbonyl (C=O) groups is 1. The molecule has 0 aromatic carbocycles. The molecule has 2 heterocycles. The lowest BCUT2D eigenvalue weighted by atomic mass is 10.1. The van der Waals surface area contributed by atoms with E-state index < -0.39 is 17.8 Å². The van der Waals surface area contributed by atoms with E-state index in [0.29, 0.717) is 10.4 Å². The van der Waals surface area contributed by atoms with Crippen molar-refractivity contribution in [2.24, 2.45) is 7.05 Å². The van der Waals surface area contributed by atoms with Gasteiger partial charge in [-0.25, -0.2) is 0 Å². The number of alkyl halides is 3. The Morgan fingerprint density at radius 3 is 2.52 bits per heavy atom. The molecule has 0 bridgehead atoms. The molecule has 0 spiro atoms. The van der Waals surface area contributed by atoms with Crippen LogP contribution in [-0.4, -0.2) is 32.8 Å². The first-order valence-corrected chi connectivity index (χ1v) is 6.91. The fourth-order valence-electron chi connectivity index (χ4n) is 2.01. The molecule has 0 N–H and O–H groups in total. The Hall–Kier alpha value is -2.32. The van der Waals surface area contributed by atoms with E-state index >= 15 is 0 Å². The highest BCUT2D eigenvalue weighted by Gasteiger charge is 2.36. The highest BCUT2D eigenvalue weighted by atomic mass is 19.4. The Bertz CT molecular complexity index is 703. The van der Waals surface area contributed by atoms with Crippen LogP contribution >= 0.6 is 0 Å². The van der Waals surface area contributed by atoms with Crippen molar-refractivity contribution in [3.05, 3.63) is 35.0 Å². The zero-order valence-electron chi connectivity index (χ0n) is 13.2. The number of nitrogens with zero attached hydrogens (tertiary/aromatic N) is 4. The van der Waals surface area contributed by atoms with Crippen LogP contribution in [-0.2, 0) is 19.8 Å². The number of carbonyl (C=O) groups excluding carboxylic acids is 1. The molecule has 0 unspecified atom stereocenters. The van der Waals surface area contributed by atoms with E-state index in [1.165, 1.54) is 11.9 Å². The zero-order chi connectivity index (χ0) is 17.4. The molecule has 2 aromatic rings. The minimum absolute atomic E-state index is 0.0937. The summed E-state index contributed by atoms with van der Waals surface area (Å²) in [6.45, 7) is 3.99. The van der Waals surface area contributed by atoms with Crippen LogP contribution in [0.4, 0.5) is 13.2 Å². The first-order chi connectivity index (χ1) is 10.6. The summed E-state index contributed by atoms with van der Waals surface area (Å²) < 4.78 is 44.0. The van der Waals surface area contributed by atoms with Crippen LogP contribution in [0.5, 0.6) is 0 Å². The molecule has 126 valence electrons. The maximum Gasteiger partial charge on any atom is 0.433 e. The van der Waals surface area contributed by atoms with Gasteiger partial charge in [0.1, 0.15) is 5.69 Å². The smallest absolute Gasteiger partial charge is 0.359 e. The lowest BCUT2D eigenvalue weighted by Crippen LogP contribution is -2.26. The van der Waals surface area contributed by atoms with Crippen molar-refractivity contribution in [2.45, 2.75) is 32.5 Å². The van der Waals surface area contributed by atoms with E-state index in [1.54, 1.807) is 6.07 Å². The van der Waals surface area contributed by atoms with Crippen molar-refractivity contribution in [3.8, 4) is 0 Å². The fraction of sp³-hybridized carbons (Fsp3) is 0.500. The maximum absolute atomic E-state index is 12.7. The number of hydrogen-bond acceptors (Lipinski definition) is 4. The van der Waals surface area contributed by atoms with Crippen molar-refractivity contribution in [3.63, 3.8) is 0 Å². The summed E-state index contributed by atoms with van der Waals surface area (Å²) in [6.07, 6.45) is -4.56. The Labute approximate surface area is 130 Å². The predicted molar refractivity (Wildman–Crippen MR) is 74.6 cm³/mol. The SMILES string of the molecule is CC(C)c1cc(CN(C)C(=O)c2cc(C(F)(F)F)n(C)n2)on1. The van der Waals surface area contributed by atoms with Crippen molar-refractivity contribution in [1.82, 2.24) is 19.8 Å². The third-order valence-electron chi connectivity index (χ3n) is 3.30. The van der Waals surface area contributed by atoms with Gasteiger partial charge in [-0.1, -0.05) is 19.0 Å². The van der Waals surface area contributed by atoms with Gasteiger partial charge < -0.3 is 9.42 Å². The number of hydrogen-bond donors (Lipinski definition) is 0. The highest BCUT2D eigenvalue weighted by molar-refractivity contribution is 5.92. The normalized spacial score (nSPS) is 12.0. The molecule has 0 aliphatic heterocycles. The van der Waals surface area contributed by atoms with Crippen LogP contribution in [0.1, 0.15) is 47.4 Å². The largest absolute Gasteiger partial charge is 0.433 e. The summed E-state index contributed by atoms with van der Waals surface area (Å²) in [4.78, 5) is 13.4. The molecule has 2 rings (SSSR count). The first-order valence-electron chi connectivity index (χ1n) is 6.91. The summed E-state index contributed by atoms with van der Waals surface area (Å²) in [5.41, 5.74) is -0.500. The first kappa shape index (κ1) is 17.0. The minimum atomic E-state index is -4.56. The Morgan fingerprint density at radius 1 is 1.39 bits per heavy atom. The molecule has 0 aliphatic rings. The molecule has 2 aromatic heterocycles. The van der Waals surface area contributed by atoms with E-state index in [9.17, 15) is 18.0 Å². The number of rotatable bonds is 4. The van der Waals surface area contributed by atoms with Crippen molar-refractivity contribution in [1.29, 1.82) is 0 Å². The zero-order valence-corrected chi connectivity index (χ0v) is 13.2. The molecule has 6 nitrogen and oxygen atoms in total. The second kappa shape index (κ2) is 6.05. The van der Waals surface area contributed by atoms with Gasteiger partial charge in [0, 0.05) is 26.2 Å². The minimum Gasteiger partial charge on any atom is -0.359 e. The molecular weight excluding hydrogens is 313 g/mol. The van der Waals surface area contributed by atoms with Gasteiger partial charge in [-0.15, -0.1) is 0 Å². The number of halogens is 3. The molecule has 9 heteroatoms. The predicted octanol–water partition coefficient (Wildman–Crippen LogP) is 2.82. The lowest BCUT2D eigenvalue weighted by Gasteiger charge is -2.13. The quantitative estimate of drug-likeness (QED) is 0.865. The number of amides is 1. The van der Waals surface area contributed by atoms with Crippen LogP contribution in [0.25, 0.3) is 0 Å². The van der Waals surface area contributed by atoms with Gasteiger partial charge in [-0.05, 0) is 5.92 Å². The Kier molecular flexibility index (Phi) is 4.49. The second-order valence-corrected chi connectivity index (χ2v) is 5.57. The van der Waals surface area contributed by atoms with Gasteiger partial charge in [0.2, 0.25) is 0 Å². The monoisotopic (exact) mass is 330 g/mol. The second-order valence-electron chi connectivity index (χ2n) is 5.57. The van der Waals surface area contributed by atoms with Crippen molar-refractivity contribution in [2.75, 3.05) is 7.05 Å². The molecule has 0 saturated heterocycles. The third-order valence-corrected chi connectivity index (χ3v) is 3.30. The molecule has 1 amide bonds. The van der Waals surface area contributed by atoms with E-state index in [-0.39, 0.29) is 18.2 Å². The van der Waals surface area contributed by atoms with Gasteiger partial charge in [-0.2, -0.15) is 18.3 Å². The molecule has 0 fully saturated rings. The van der Waals surface area contributed by atoms with Crippen LogP contribution in [0, 0.1) is 0 Å². The molecule has 0 aliphatic carbocycles. The third kappa shape index (κ3) is 3.72. The summed E-state index contributed by atoms with van der Waals surface area (Å²) in [6, 6.07) is 2.45. The molecular formula is C14H17F3N4O2. The maximum atomic E-state index is 12.7. The van der Waals surface area contributed by atoms with Crippen LogP contribution in [0.2, 0.25) is 0 Å². The van der Waals surface area contributed by atoms with E-state index in [4.69, 9.17) is 4.52 Å². The van der Waals surface area contributed by atoms with E-state index in [0.717, 1.165) is 18.8 Å². The van der Waals surface area contributed by atoms with E-state index in [1.807, 2.05) is 13.8 Å². The van der Waals surface area contributed by atoms with Gasteiger partial charge in [0.15, 0.2) is 11.5 Å². The highest BCUT2D eigenvalue weighted by Crippen LogP contribution is 2.29. The number of aryl methyl sites for hydroxylation is 1. The van der Waals surface area contributed by atoms with Crippen LogP contribution in [0.15, 0.2) is 16.7 Å². The fourth-order valence-corrected chi connectivity index (χ4v) is 2.01. The van der Waals surface area contributed by atoms with Gasteiger partial charge in [-0.3, -0.25) is 9.48 Å². The molecule has 0 radical (unpaired) electrons. The van der Waals surface area contributed by atoms with Gasteiger partial charge in [0.25, 0.3) is 5.91 Å². The molecule has 0 atom stereocenters. The molecule has 23 heavy (non-hydrogen) atoms. The summed E-state index contributed by atoms with van der Waals surface area (Å²) in [7, 11) is 2.60. The topological polar surface area (TPSA) is 64.2 Å². The Balaban J connectivity index is 2.13. The van der Waals surface area contributed by atoms with E-state index in [2.05, 4.69) is 10.3 Å². The summed E-state index contributed by atoms with van der Waals surface area (Å²) in [5.74, 6) is 0.00812. The van der Waals surface area contributed by atoms with Gasteiger partial charge >= 0.3 is 6.18 Å². The average Bonchev–Trinajstić information content (AvgIpc) is 3.03. The molecule has 0 saturated carbocycles. The summed E-state index contributed by atoms with van der Waals surface area (Å²) in [5, 5.41) is 7.50. The standard InChI is InChI=1S/C14H17F3N4O2/c1-8(2)10-5-9(23-19-10)7-20(3)13(22)11-6-12(14(15,16)17)21(4)18-11/h5-6,8H,7H2,1-4H3. The van der Waals surface area contributed by atoms with Crippen molar-refractivity contribution < 1.29 is 22.5 Å². The van der Waals surface area contributed by atoms with Crippen LogP contribution < -0.4 is 0 Å². The van der Waals surface area contributed by atoms with Crippen LogP contribution in [0.3, 0.4) is 0 Å². The van der Waals surface area contributed by atoms with Gasteiger partial charge in [0.05, 0.1) is 12.2 Å². The lowest BCUT2D eigenvalue weighted by molar-refractivity contribution is -0.143. The Morgan fingerprint density at radius 2 is 2.04 bits per heavy atom. The average molecular weight is 330 g/mol. The number of aromatic nitrogens is 3.